The predicted octanol–water partition coefficient (Wildman–Crippen LogP) is 4.02. The average molecular weight is 166 g/mol. The summed E-state index contributed by atoms with van der Waals surface area (Å²) in [5.74, 6) is 1.63. The molecular weight excluding hydrogens is 144 g/mol. The first-order valence-corrected chi connectivity index (χ1v) is 5.13. The highest BCUT2D eigenvalue weighted by atomic mass is 14.4. The van der Waals surface area contributed by atoms with Crippen molar-refractivity contribution in [2.24, 2.45) is 17.3 Å². The van der Waals surface area contributed by atoms with Gasteiger partial charge in [0.1, 0.15) is 0 Å². The Labute approximate surface area is 77.1 Å². The summed E-state index contributed by atoms with van der Waals surface area (Å²) >= 11 is 0. The summed E-state index contributed by atoms with van der Waals surface area (Å²) in [5, 5.41) is 0. The van der Waals surface area contributed by atoms with E-state index in [1.165, 1.54) is 12.8 Å². The molecule has 0 heteroatoms. The molecule has 1 aliphatic rings. The second kappa shape index (κ2) is 3.24. The smallest absolute Gasteiger partial charge is 0.0170 e. The maximum absolute atomic E-state index is 2.47. The standard InChI is InChI=1S/C12H22/c1-9(2)8-11(10-6-7-10)12(3,4)5/h8-10H,6-7H2,1-5H3/b11-8+. The van der Waals surface area contributed by atoms with Crippen LogP contribution in [0.2, 0.25) is 0 Å². The number of hydrogen-bond donors (Lipinski definition) is 0. The van der Waals surface area contributed by atoms with Gasteiger partial charge < -0.3 is 0 Å². The van der Waals surface area contributed by atoms with E-state index >= 15 is 0 Å². The van der Waals surface area contributed by atoms with Crippen molar-refractivity contribution in [3.05, 3.63) is 11.6 Å². The van der Waals surface area contributed by atoms with Gasteiger partial charge in [-0.1, -0.05) is 46.3 Å². The summed E-state index contributed by atoms with van der Waals surface area (Å²) in [6.07, 6.45) is 5.32. The fourth-order valence-electron chi connectivity index (χ4n) is 1.75. The average Bonchev–Trinajstić information content (AvgIpc) is 2.60. The van der Waals surface area contributed by atoms with Gasteiger partial charge in [0.2, 0.25) is 0 Å². The van der Waals surface area contributed by atoms with Crippen LogP contribution in [0.4, 0.5) is 0 Å². The van der Waals surface area contributed by atoms with Gasteiger partial charge in [0, 0.05) is 0 Å². The maximum Gasteiger partial charge on any atom is -0.0170 e. The van der Waals surface area contributed by atoms with Gasteiger partial charge in [-0.25, -0.2) is 0 Å². The van der Waals surface area contributed by atoms with E-state index in [2.05, 4.69) is 40.7 Å². The van der Waals surface area contributed by atoms with Crippen LogP contribution < -0.4 is 0 Å². The molecule has 0 aliphatic heterocycles. The molecule has 0 heterocycles. The first kappa shape index (κ1) is 9.83. The molecule has 0 unspecified atom stereocenters. The van der Waals surface area contributed by atoms with Gasteiger partial charge in [0.15, 0.2) is 0 Å². The normalized spacial score (nSPS) is 20.3. The van der Waals surface area contributed by atoms with E-state index in [1.807, 2.05) is 0 Å². The molecule has 1 fully saturated rings. The first-order chi connectivity index (χ1) is 5.41. The molecule has 0 aromatic carbocycles. The molecule has 0 radical (unpaired) electrons. The summed E-state index contributed by atoms with van der Waals surface area (Å²) in [6.45, 7) is 11.5. The van der Waals surface area contributed by atoms with Crippen molar-refractivity contribution in [2.45, 2.75) is 47.5 Å². The maximum atomic E-state index is 2.47. The van der Waals surface area contributed by atoms with Crippen LogP contribution in [0.15, 0.2) is 11.6 Å². The number of allylic oxidation sites excluding steroid dienone is 2. The van der Waals surface area contributed by atoms with Crippen LogP contribution in [0.5, 0.6) is 0 Å². The molecular formula is C12H22. The Morgan fingerprint density at radius 2 is 1.75 bits per heavy atom. The molecule has 0 nitrogen and oxygen atoms in total. The van der Waals surface area contributed by atoms with Crippen LogP contribution >= 0.6 is 0 Å². The van der Waals surface area contributed by atoms with Gasteiger partial charge in [0.25, 0.3) is 0 Å². The summed E-state index contributed by atoms with van der Waals surface area (Å²) < 4.78 is 0. The van der Waals surface area contributed by atoms with Crippen LogP contribution in [-0.4, -0.2) is 0 Å². The van der Waals surface area contributed by atoms with Crippen molar-refractivity contribution in [2.75, 3.05) is 0 Å². The van der Waals surface area contributed by atoms with Crippen LogP contribution in [-0.2, 0) is 0 Å². The molecule has 0 amide bonds. The summed E-state index contributed by atoms with van der Waals surface area (Å²) in [6, 6.07) is 0. The van der Waals surface area contributed by atoms with E-state index in [1.54, 1.807) is 5.57 Å². The lowest BCUT2D eigenvalue weighted by Crippen LogP contribution is -2.12. The Morgan fingerprint density at radius 1 is 1.25 bits per heavy atom. The molecule has 0 aromatic rings. The Hall–Kier alpha value is -0.260. The Morgan fingerprint density at radius 3 is 2.00 bits per heavy atom. The van der Waals surface area contributed by atoms with Gasteiger partial charge in [-0.3, -0.25) is 0 Å². The predicted molar refractivity (Wildman–Crippen MR) is 55.1 cm³/mol. The quantitative estimate of drug-likeness (QED) is 0.543. The number of rotatable bonds is 2. The fourth-order valence-corrected chi connectivity index (χ4v) is 1.75. The van der Waals surface area contributed by atoms with Crippen LogP contribution in [0.3, 0.4) is 0 Å². The zero-order valence-corrected chi connectivity index (χ0v) is 9.15. The summed E-state index contributed by atoms with van der Waals surface area (Å²) in [4.78, 5) is 0. The second-order valence-corrected chi connectivity index (χ2v) is 5.39. The second-order valence-electron chi connectivity index (χ2n) is 5.39. The topological polar surface area (TPSA) is 0 Å². The molecule has 0 bridgehead atoms. The third kappa shape index (κ3) is 2.66. The monoisotopic (exact) mass is 166 g/mol. The lowest BCUT2D eigenvalue weighted by molar-refractivity contribution is 0.469. The SMILES string of the molecule is CC(C)/C=C(\C1CC1)C(C)(C)C. The van der Waals surface area contributed by atoms with Gasteiger partial charge in [0.05, 0.1) is 0 Å². The molecule has 0 saturated heterocycles. The van der Waals surface area contributed by atoms with E-state index in [4.69, 9.17) is 0 Å². The lowest BCUT2D eigenvalue weighted by Gasteiger charge is -2.24. The van der Waals surface area contributed by atoms with Gasteiger partial charge >= 0.3 is 0 Å². The van der Waals surface area contributed by atoms with Crippen molar-refractivity contribution in [3.63, 3.8) is 0 Å². The Balaban J connectivity index is 2.74. The first-order valence-electron chi connectivity index (χ1n) is 5.13. The zero-order chi connectivity index (χ0) is 9.35. The fraction of sp³-hybridized carbons (Fsp3) is 0.833. The van der Waals surface area contributed by atoms with Crippen LogP contribution in [0.25, 0.3) is 0 Å². The molecule has 0 N–H and O–H groups in total. The van der Waals surface area contributed by atoms with E-state index in [0.717, 1.165) is 5.92 Å². The van der Waals surface area contributed by atoms with Crippen molar-refractivity contribution in [1.29, 1.82) is 0 Å². The minimum Gasteiger partial charge on any atom is -0.0820 e. The summed E-state index contributed by atoms with van der Waals surface area (Å²) in [7, 11) is 0. The molecule has 12 heavy (non-hydrogen) atoms. The molecule has 1 saturated carbocycles. The number of hydrogen-bond acceptors (Lipinski definition) is 0. The molecule has 0 atom stereocenters. The minimum absolute atomic E-state index is 0.394. The molecule has 0 spiro atoms. The van der Waals surface area contributed by atoms with Gasteiger partial charge in [-0.2, -0.15) is 0 Å². The third-order valence-corrected chi connectivity index (χ3v) is 2.40. The van der Waals surface area contributed by atoms with E-state index in [9.17, 15) is 0 Å². The highest BCUT2D eigenvalue weighted by molar-refractivity contribution is 5.19. The molecule has 0 aromatic heterocycles. The lowest BCUT2D eigenvalue weighted by atomic mass is 9.82. The summed E-state index contributed by atoms with van der Waals surface area (Å²) in [5.41, 5.74) is 2.09. The van der Waals surface area contributed by atoms with Crippen molar-refractivity contribution in [1.82, 2.24) is 0 Å². The van der Waals surface area contributed by atoms with Crippen LogP contribution in [0, 0.1) is 17.3 Å². The molecule has 1 aliphatic carbocycles. The largest absolute Gasteiger partial charge is 0.0820 e. The minimum atomic E-state index is 0.394. The van der Waals surface area contributed by atoms with Gasteiger partial charge in [-0.15, -0.1) is 0 Å². The molecule has 70 valence electrons. The Kier molecular flexibility index (Phi) is 2.65. The molecule has 1 rings (SSSR count). The highest BCUT2D eigenvalue weighted by Crippen LogP contribution is 2.45. The Bertz CT molecular complexity index is 175. The van der Waals surface area contributed by atoms with Crippen molar-refractivity contribution < 1.29 is 0 Å². The van der Waals surface area contributed by atoms with E-state index < -0.39 is 0 Å². The van der Waals surface area contributed by atoms with E-state index in [0.29, 0.717) is 11.3 Å². The highest BCUT2D eigenvalue weighted by Gasteiger charge is 2.32. The third-order valence-electron chi connectivity index (χ3n) is 2.40. The zero-order valence-electron chi connectivity index (χ0n) is 9.15. The van der Waals surface area contributed by atoms with Gasteiger partial charge in [-0.05, 0) is 30.1 Å². The van der Waals surface area contributed by atoms with Crippen molar-refractivity contribution >= 4 is 0 Å². The van der Waals surface area contributed by atoms with Crippen LogP contribution in [0.1, 0.15) is 47.5 Å². The van der Waals surface area contributed by atoms with Crippen molar-refractivity contribution in [3.8, 4) is 0 Å². The van der Waals surface area contributed by atoms with E-state index in [-0.39, 0.29) is 0 Å².